The van der Waals surface area contributed by atoms with Crippen molar-refractivity contribution in [2.45, 2.75) is 18.3 Å². The Hall–Kier alpha value is -0.930. The Morgan fingerprint density at radius 1 is 1.40 bits per heavy atom. The summed E-state index contributed by atoms with van der Waals surface area (Å²) < 4.78 is 11.7. The molecule has 1 unspecified atom stereocenters. The van der Waals surface area contributed by atoms with Crippen molar-refractivity contribution in [2.75, 3.05) is 5.75 Å². The van der Waals surface area contributed by atoms with Crippen molar-refractivity contribution >= 4 is 16.9 Å². The van der Waals surface area contributed by atoms with Gasteiger partial charge >= 0.3 is 0 Å². The highest BCUT2D eigenvalue weighted by Gasteiger charge is 2.27. The van der Waals surface area contributed by atoms with Crippen LogP contribution in [0.25, 0.3) is 6.08 Å². The summed E-state index contributed by atoms with van der Waals surface area (Å²) in [5.41, 5.74) is 1.90. The molecule has 3 atom stereocenters. The SMILES string of the molecule is CCS(=O)[C@@H]1C=Cc2ccccc2[C@@H]1O. The molecule has 2 nitrogen and oxygen atoms in total. The van der Waals surface area contributed by atoms with Crippen molar-refractivity contribution in [3.63, 3.8) is 0 Å². The first-order chi connectivity index (χ1) is 7.24. The minimum atomic E-state index is -0.988. The third kappa shape index (κ3) is 1.90. The highest BCUT2D eigenvalue weighted by atomic mass is 32.2. The van der Waals surface area contributed by atoms with Gasteiger partial charge in [-0.1, -0.05) is 43.3 Å². The molecule has 1 aromatic rings. The van der Waals surface area contributed by atoms with Gasteiger partial charge in [0.05, 0.1) is 11.4 Å². The van der Waals surface area contributed by atoms with E-state index in [2.05, 4.69) is 0 Å². The summed E-state index contributed by atoms with van der Waals surface area (Å²) in [4.78, 5) is 0. The zero-order valence-corrected chi connectivity index (χ0v) is 9.41. The number of aliphatic hydroxyl groups is 1. The van der Waals surface area contributed by atoms with E-state index < -0.39 is 16.9 Å². The van der Waals surface area contributed by atoms with Gasteiger partial charge in [0.1, 0.15) is 0 Å². The fraction of sp³-hybridized carbons (Fsp3) is 0.333. The van der Waals surface area contributed by atoms with Crippen molar-refractivity contribution in [2.24, 2.45) is 0 Å². The summed E-state index contributed by atoms with van der Waals surface area (Å²) in [7, 11) is -0.988. The van der Waals surface area contributed by atoms with E-state index in [1.807, 2.05) is 43.3 Å². The lowest BCUT2D eigenvalue weighted by Crippen LogP contribution is -2.25. The Labute approximate surface area is 92.1 Å². The molecule has 0 aliphatic heterocycles. The first kappa shape index (κ1) is 10.6. The summed E-state index contributed by atoms with van der Waals surface area (Å²) in [6.45, 7) is 1.87. The standard InChI is InChI=1S/C12H14O2S/c1-2-15(14)11-8-7-9-5-3-4-6-10(9)12(11)13/h3-8,11-13H,2H2,1H3/t11-,12+,15?/m1/s1. The highest BCUT2D eigenvalue weighted by molar-refractivity contribution is 7.85. The van der Waals surface area contributed by atoms with Crippen molar-refractivity contribution in [1.29, 1.82) is 0 Å². The lowest BCUT2D eigenvalue weighted by molar-refractivity contribution is 0.184. The molecule has 1 aliphatic carbocycles. The fourth-order valence-electron chi connectivity index (χ4n) is 1.84. The molecule has 0 saturated heterocycles. The van der Waals surface area contributed by atoms with Crippen LogP contribution in [0.1, 0.15) is 24.2 Å². The average molecular weight is 222 g/mol. The molecule has 15 heavy (non-hydrogen) atoms. The van der Waals surface area contributed by atoms with Gasteiger partial charge in [-0.3, -0.25) is 4.21 Å². The third-order valence-electron chi connectivity index (χ3n) is 2.68. The first-order valence-electron chi connectivity index (χ1n) is 5.06. The van der Waals surface area contributed by atoms with E-state index >= 15 is 0 Å². The number of aliphatic hydroxyl groups excluding tert-OH is 1. The van der Waals surface area contributed by atoms with Crippen LogP contribution in [0.5, 0.6) is 0 Å². The van der Waals surface area contributed by atoms with E-state index in [9.17, 15) is 9.32 Å². The monoisotopic (exact) mass is 222 g/mol. The molecule has 1 aromatic carbocycles. The second-order valence-electron chi connectivity index (χ2n) is 3.57. The lowest BCUT2D eigenvalue weighted by Gasteiger charge is -2.24. The molecule has 2 rings (SSSR count). The minimum absolute atomic E-state index is 0.259. The predicted molar refractivity (Wildman–Crippen MR) is 62.9 cm³/mol. The Morgan fingerprint density at radius 3 is 2.87 bits per heavy atom. The van der Waals surface area contributed by atoms with E-state index in [4.69, 9.17) is 0 Å². The van der Waals surface area contributed by atoms with Crippen LogP contribution in [0.3, 0.4) is 0 Å². The van der Waals surface area contributed by atoms with Crippen molar-refractivity contribution in [1.82, 2.24) is 0 Å². The van der Waals surface area contributed by atoms with Gasteiger partial charge in [-0.05, 0) is 11.1 Å². The van der Waals surface area contributed by atoms with Crippen LogP contribution in [0, 0.1) is 0 Å². The molecule has 3 heteroatoms. The predicted octanol–water partition coefficient (Wildman–Crippen LogP) is 1.88. The van der Waals surface area contributed by atoms with Crippen LogP contribution in [0.15, 0.2) is 30.3 Å². The van der Waals surface area contributed by atoms with Gasteiger partial charge in [0.15, 0.2) is 0 Å². The molecule has 0 amide bonds. The Morgan fingerprint density at radius 2 is 2.13 bits per heavy atom. The van der Waals surface area contributed by atoms with Gasteiger partial charge in [-0.15, -0.1) is 0 Å². The quantitative estimate of drug-likeness (QED) is 0.829. The van der Waals surface area contributed by atoms with Gasteiger partial charge in [0.25, 0.3) is 0 Å². The molecule has 1 aliphatic rings. The summed E-state index contributed by atoms with van der Waals surface area (Å²) in [6.07, 6.45) is 3.17. The van der Waals surface area contributed by atoms with Gasteiger partial charge in [0, 0.05) is 16.6 Å². The zero-order chi connectivity index (χ0) is 10.8. The van der Waals surface area contributed by atoms with Crippen molar-refractivity contribution in [3.8, 4) is 0 Å². The summed E-state index contributed by atoms with van der Waals surface area (Å²) >= 11 is 0. The minimum Gasteiger partial charge on any atom is -0.387 e. The van der Waals surface area contributed by atoms with Crippen LogP contribution in [-0.2, 0) is 10.8 Å². The van der Waals surface area contributed by atoms with Gasteiger partial charge in [-0.25, -0.2) is 0 Å². The van der Waals surface area contributed by atoms with E-state index in [0.717, 1.165) is 11.1 Å². The molecule has 0 saturated carbocycles. The maximum atomic E-state index is 11.7. The van der Waals surface area contributed by atoms with Gasteiger partial charge in [-0.2, -0.15) is 0 Å². The smallest absolute Gasteiger partial charge is 0.0974 e. The van der Waals surface area contributed by atoms with Crippen LogP contribution in [-0.4, -0.2) is 20.3 Å². The molecule has 1 N–H and O–H groups in total. The Balaban J connectivity index is 2.37. The summed E-state index contributed by atoms with van der Waals surface area (Å²) in [5.74, 6) is 0.578. The maximum absolute atomic E-state index is 11.7. The van der Waals surface area contributed by atoms with Crippen LogP contribution < -0.4 is 0 Å². The molecule has 0 heterocycles. The largest absolute Gasteiger partial charge is 0.387 e. The van der Waals surface area contributed by atoms with E-state index in [0.29, 0.717) is 5.75 Å². The molecular weight excluding hydrogens is 208 g/mol. The fourth-order valence-corrected chi connectivity index (χ4v) is 2.91. The molecular formula is C12H14O2S. The number of hydrogen-bond donors (Lipinski definition) is 1. The molecule has 0 radical (unpaired) electrons. The highest BCUT2D eigenvalue weighted by Crippen LogP contribution is 2.30. The number of fused-ring (bicyclic) bond motifs is 1. The molecule has 0 fully saturated rings. The van der Waals surface area contributed by atoms with Crippen LogP contribution >= 0.6 is 0 Å². The zero-order valence-electron chi connectivity index (χ0n) is 8.59. The second kappa shape index (κ2) is 4.29. The van der Waals surface area contributed by atoms with Gasteiger partial charge < -0.3 is 5.11 Å². The van der Waals surface area contributed by atoms with E-state index in [1.54, 1.807) is 0 Å². The van der Waals surface area contributed by atoms with Crippen molar-refractivity contribution in [3.05, 3.63) is 41.5 Å². The molecule has 0 aromatic heterocycles. The maximum Gasteiger partial charge on any atom is 0.0974 e. The van der Waals surface area contributed by atoms with E-state index in [1.165, 1.54) is 0 Å². The Bertz CT molecular complexity index is 412. The lowest BCUT2D eigenvalue weighted by atomic mass is 9.95. The summed E-state index contributed by atoms with van der Waals surface area (Å²) in [6, 6.07) is 7.68. The third-order valence-corrected chi connectivity index (χ3v) is 4.27. The average Bonchev–Trinajstić information content (AvgIpc) is 2.29. The first-order valence-corrected chi connectivity index (χ1v) is 6.44. The van der Waals surface area contributed by atoms with Gasteiger partial charge in [0.2, 0.25) is 0 Å². The normalized spacial score (nSPS) is 26.0. The summed E-state index contributed by atoms with van der Waals surface area (Å²) in [5, 5.41) is 9.82. The molecule has 80 valence electrons. The number of rotatable bonds is 2. The molecule has 0 bridgehead atoms. The second-order valence-corrected chi connectivity index (χ2v) is 5.45. The van der Waals surface area contributed by atoms with Crippen LogP contribution in [0.2, 0.25) is 0 Å². The molecule has 0 spiro atoms. The van der Waals surface area contributed by atoms with E-state index in [-0.39, 0.29) is 5.25 Å². The number of hydrogen-bond acceptors (Lipinski definition) is 2. The number of benzene rings is 1. The van der Waals surface area contributed by atoms with Crippen LogP contribution in [0.4, 0.5) is 0 Å². The Kier molecular flexibility index (Phi) is 3.03. The topological polar surface area (TPSA) is 37.3 Å². The van der Waals surface area contributed by atoms with Crippen molar-refractivity contribution < 1.29 is 9.32 Å².